The van der Waals surface area contributed by atoms with Gasteiger partial charge in [0.15, 0.2) is 0 Å². The van der Waals surface area contributed by atoms with Gasteiger partial charge in [-0.25, -0.2) is 46.3 Å². The van der Waals surface area contributed by atoms with Gasteiger partial charge in [0.2, 0.25) is 0 Å². The molecule has 0 saturated heterocycles. The van der Waals surface area contributed by atoms with E-state index in [9.17, 15) is 56.4 Å². The van der Waals surface area contributed by atoms with Gasteiger partial charge in [0.25, 0.3) is 10.8 Å². The van der Waals surface area contributed by atoms with Gasteiger partial charge >= 0.3 is 49.1 Å². The predicted octanol–water partition coefficient (Wildman–Crippen LogP) is 8.28. The van der Waals surface area contributed by atoms with Crippen molar-refractivity contribution in [3.63, 3.8) is 0 Å². The number of benzene rings is 4. The molecule has 0 unspecified atom stereocenters. The van der Waals surface area contributed by atoms with Crippen LogP contribution in [0.1, 0.15) is 53.4 Å². The molecule has 24 nitrogen and oxygen atoms in total. The van der Waals surface area contributed by atoms with Crippen molar-refractivity contribution in [2.45, 2.75) is 26.3 Å². The SMILES string of the molecule is C.C.C.Nc1ccc(F)cc1C(=O)O.O=C(Cl)OC(Cl)(Cl)Cl.O=C(O)c1cc(F)ccc1[N+](=O)[O-].O=C(O)c1cccc(F)c1.O=S(=O)(O)O.O=[N+]([O-])O.O=c1[nH]c2ccc(F)cc2c(=O)o1. The Kier molecular flexibility index (Phi) is 33.4. The molecule has 67 heavy (non-hydrogen) atoms. The molecule has 9 N–H and O–H groups in total. The smallest absolute Gasteiger partial charge is 0.419 e. The normalized spacial score (nSPS) is 9.40. The third kappa shape index (κ3) is 33.9. The molecule has 0 spiro atoms. The molecule has 1 heterocycles. The average molecular weight is 1070 g/mol. The molecule has 0 atom stereocenters. The number of H-pyrrole nitrogens is 1. The summed E-state index contributed by atoms with van der Waals surface area (Å²) in [4.78, 5) is 82.4. The topological polar surface area (TPSA) is 408 Å². The lowest BCUT2D eigenvalue weighted by atomic mass is 10.2. The molecule has 0 aliphatic carbocycles. The molecule has 5 rings (SSSR count). The minimum Gasteiger partial charge on any atom is -0.478 e. The van der Waals surface area contributed by atoms with E-state index in [1.165, 1.54) is 30.3 Å². The fourth-order valence-corrected chi connectivity index (χ4v) is 3.78. The predicted molar refractivity (Wildman–Crippen MR) is 230 cm³/mol. The molecule has 372 valence electrons. The minimum absolute atomic E-state index is 0. The molecule has 5 aromatic rings. The highest BCUT2D eigenvalue weighted by molar-refractivity contribution is 7.79. The minimum atomic E-state index is -4.67. The van der Waals surface area contributed by atoms with E-state index in [2.05, 4.69) is 25.7 Å². The third-order valence-corrected chi connectivity index (χ3v) is 5.83. The molecule has 4 aromatic carbocycles. The largest absolute Gasteiger partial charge is 0.478 e. The number of ether oxygens (including phenoxy) is 1. The second kappa shape index (κ2) is 32.5. The van der Waals surface area contributed by atoms with Gasteiger partial charge in [0, 0.05) is 23.4 Å². The second-order valence-corrected chi connectivity index (χ2v) is 13.4. The van der Waals surface area contributed by atoms with Crippen molar-refractivity contribution in [1.29, 1.82) is 0 Å². The number of fused-ring (bicyclic) bond motifs is 1. The number of carboxylic acids is 3. The number of halogens is 8. The Morgan fingerprint density at radius 2 is 1.15 bits per heavy atom. The lowest BCUT2D eigenvalue weighted by Crippen LogP contribution is -2.14. The molecule has 0 radical (unpaired) electrons. The molecule has 0 amide bonds. The van der Waals surface area contributed by atoms with E-state index < -0.39 is 93.6 Å². The van der Waals surface area contributed by atoms with E-state index in [1.807, 2.05) is 0 Å². The van der Waals surface area contributed by atoms with Crippen molar-refractivity contribution in [1.82, 2.24) is 4.98 Å². The van der Waals surface area contributed by atoms with Gasteiger partial charge in [-0.2, -0.15) is 8.42 Å². The molecule has 0 fully saturated rings. The van der Waals surface area contributed by atoms with Crippen molar-refractivity contribution < 1.29 is 94.0 Å². The number of aromatic nitrogens is 1. The van der Waals surface area contributed by atoms with Crippen LogP contribution in [0.3, 0.4) is 0 Å². The zero-order valence-corrected chi connectivity index (χ0v) is 34.1. The standard InChI is InChI=1S/C8H4FNO3.C7H4FNO4.C7H6FNO2.C7H5FO2.C2Cl4O2.3CH4.HNO3.H2O4S/c9-4-1-2-6-5(3-4)7(11)13-8(12)10-6;8-4-1-2-6(9(12)13)5(3-4)7(10)11;8-4-1-2-6(9)5(3-4)7(10)11;8-6-3-1-2-5(4-6)7(9)10;3-1(7)8-2(4,5)6;;;;2-1(3)4;1-5(2,3)4/h1-3H,(H,10,12);1-3H,(H,10,11);1-3H,9H2,(H,10,11);1-4H,(H,9,10);;3*1H4;(H,2,3,4);(H2,1,2,3,4). The van der Waals surface area contributed by atoms with Gasteiger partial charge in [-0.3, -0.25) is 24.2 Å². The summed E-state index contributed by atoms with van der Waals surface area (Å²) in [6.07, 6.45) is 0. The number of nitrogens with one attached hydrogen (secondary N) is 1. The van der Waals surface area contributed by atoms with Crippen LogP contribution in [0.2, 0.25) is 0 Å². The molecule has 0 aliphatic heterocycles. The van der Waals surface area contributed by atoms with Crippen LogP contribution >= 0.6 is 46.4 Å². The summed E-state index contributed by atoms with van der Waals surface area (Å²) in [6, 6.07) is 13.8. The quantitative estimate of drug-likeness (QED) is 0.0159. The van der Waals surface area contributed by atoms with Crippen molar-refractivity contribution in [3.05, 3.63) is 160 Å². The van der Waals surface area contributed by atoms with Gasteiger partial charge in [-0.05, 0) is 102 Å². The number of carboxylic acid groups (broad SMARTS) is 3. The van der Waals surface area contributed by atoms with E-state index in [0.717, 1.165) is 42.5 Å². The number of carbonyl (C=O) groups excluding carboxylic acids is 1. The Labute approximate surface area is 392 Å². The Balaban J connectivity index is -0.000000228. The van der Waals surface area contributed by atoms with Crippen LogP contribution in [0.4, 0.5) is 33.7 Å². The maximum absolute atomic E-state index is 12.6. The molecular formula is C34H34Cl4F4N4O20S. The summed E-state index contributed by atoms with van der Waals surface area (Å²) >= 11 is 19.4. The van der Waals surface area contributed by atoms with Gasteiger partial charge in [-0.1, -0.05) is 28.3 Å². The maximum atomic E-state index is 12.6. The first-order chi connectivity index (χ1) is 29.1. The highest BCUT2D eigenvalue weighted by Gasteiger charge is 2.23. The van der Waals surface area contributed by atoms with Crippen molar-refractivity contribution in [2.75, 3.05) is 5.73 Å². The van der Waals surface area contributed by atoms with Gasteiger partial charge in [0.05, 0.1) is 27.0 Å². The number of alkyl halides is 3. The monoisotopic (exact) mass is 1070 g/mol. The number of nitro benzene ring substituents is 1. The molecule has 0 saturated carbocycles. The lowest BCUT2D eigenvalue weighted by Gasteiger charge is -2.06. The highest BCUT2D eigenvalue weighted by Crippen LogP contribution is 2.28. The van der Waals surface area contributed by atoms with Crippen molar-refractivity contribution in [2.24, 2.45) is 0 Å². The number of nitrogens with zero attached hydrogens (tertiary/aromatic N) is 2. The Hall–Kier alpha value is -7.15. The van der Waals surface area contributed by atoms with Gasteiger partial charge in [0.1, 0.15) is 28.8 Å². The number of hydrogen-bond donors (Lipinski definition) is 8. The first kappa shape index (κ1) is 68.9. The number of nitro groups is 1. The number of rotatable bonds is 4. The zero-order chi connectivity index (χ0) is 50.3. The molecule has 1 aromatic heterocycles. The number of nitrogen functional groups attached to an aromatic ring is 1. The number of anilines is 1. The summed E-state index contributed by atoms with van der Waals surface area (Å²) < 4.78 is 87.4. The zero-order valence-electron chi connectivity index (χ0n) is 30.3. The fraction of sp³-hybridized carbons (Fsp3) is 0.118. The van der Waals surface area contributed by atoms with E-state index in [4.69, 9.17) is 88.7 Å². The molecule has 0 aliphatic rings. The van der Waals surface area contributed by atoms with E-state index in [0.29, 0.717) is 6.07 Å². The average Bonchev–Trinajstić information content (AvgIpc) is 3.12. The van der Waals surface area contributed by atoms with E-state index >= 15 is 0 Å². The summed E-state index contributed by atoms with van der Waals surface area (Å²) in [5, 5.41) is 49.2. The van der Waals surface area contributed by atoms with Crippen molar-refractivity contribution >= 4 is 102 Å². The first-order valence-corrected chi connectivity index (χ1v) is 17.8. The molecule has 33 heteroatoms. The summed E-state index contributed by atoms with van der Waals surface area (Å²) in [5.74, 6) is -7.19. The molecule has 0 bridgehead atoms. The summed E-state index contributed by atoms with van der Waals surface area (Å²) in [5.41, 5.74) is 2.10. The molecular weight excluding hydrogens is 1030 g/mol. The maximum Gasteiger partial charge on any atom is 0.419 e. The number of aromatic carboxylic acids is 3. The van der Waals surface area contributed by atoms with Gasteiger partial charge < -0.3 is 35.4 Å². The van der Waals surface area contributed by atoms with Gasteiger partial charge in [-0.15, -0.1) is 10.1 Å². The first-order valence-electron chi connectivity index (χ1n) is 14.9. The summed E-state index contributed by atoms with van der Waals surface area (Å²) in [6.45, 7) is 0. The van der Waals surface area contributed by atoms with Crippen LogP contribution in [0.5, 0.6) is 0 Å². The van der Waals surface area contributed by atoms with Crippen molar-refractivity contribution in [3.8, 4) is 0 Å². The second-order valence-electron chi connectivity index (χ2n) is 10.0. The highest BCUT2D eigenvalue weighted by atomic mass is 35.6. The summed E-state index contributed by atoms with van der Waals surface area (Å²) in [7, 11) is -4.67. The third-order valence-electron chi connectivity index (χ3n) is 5.52. The van der Waals surface area contributed by atoms with Crippen LogP contribution < -0.4 is 17.1 Å². The van der Waals surface area contributed by atoms with Crippen LogP contribution in [0.25, 0.3) is 10.9 Å². The van der Waals surface area contributed by atoms with Crippen LogP contribution in [-0.2, 0) is 15.1 Å². The number of carbonyl (C=O) groups is 4. The van der Waals surface area contributed by atoms with E-state index in [1.54, 1.807) is 0 Å². The van der Waals surface area contributed by atoms with Crippen LogP contribution in [0, 0.1) is 43.5 Å². The van der Waals surface area contributed by atoms with Crippen LogP contribution in [0.15, 0.2) is 92.9 Å². The Morgan fingerprint density at radius 3 is 1.51 bits per heavy atom. The number of hydrogen-bond acceptors (Lipinski definition) is 15. The fourth-order valence-electron chi connectivity index (χ4n) is 3.33. The Morgan fingerprint density at radius 1 is 0.731 bits per heavy atom. The van der Waals surface area contributed by atoms with E-state index in [-0.39, 0.29) is 50.0 Å². The lowest BCUT2D eigenvalue weighted by molar-refractivity contribution is -0.742. The number of nitrogens with two attached hydrogens (primary N) is 1. The van der Waals surface area contributed by atoms with Crippen LogP contribution in [-0.4, -0.2) is 80.4 Å². The Bertz CT molecular complexity index is 2680. The number of aromatic amines is 1.